The number of hydrogen-bond donors (Lipinski definition) is 9. The molecule has 8 aromatic rings. The van der Waals surface area contributed by atoms with E-state index in [1.165, 1.54) is 48.2 Å². The number of thiazole rings is 6. The molecule has 1 aliphatic heterocycles. The number of hydrogen-bond acceptors (Lipinski definition) is 22. The lowest BCUT2D eigenvalue weighted by atomic mass is 10.0. The van der Waals surface area contributed by atoms with Gasteiger partial charge in [-0.2, -0.15) is 0 Å². The van der Waals surface area contributed by atoms with E-state index in [-0.39, 0.29) is 77.4 Å². The van der Waals surface area contributed by atoms with E-state index < -0.39 is 61.9 Å². The molecule has 79 heavy (non-hydrogen) atoms. The number of ether oxygens (including phenoxy) is 1. The van der Waals surface area contributed by atoms with E-state index >= 15 is 0 Å². The maximum Gasteiger partial charge on any atom is 0.325 e. The van der Waals surface area contributed by atoms with Crippen molar-refractivity contribution in [3.05, 3.63) is 106 Å². The van der Waals surface area contributed by atoms with E-state index in [0.29, 0.717) is 63.7 Å². The van der Waals surface area contributed by atoms with Gasteiger partial charge in [0.2, 0.25) is 17.7 Å². The number of carbonyl (C=O) groups excluding carboxylic acids is 6. The number of methoxy groups -OCH3 is 1. The summed E-state index contributed by atoms with van der Waals surface area (Å²) in [5.41, 5.74) is 2.38. The number of benzene rings is 1. The van der Waals surface area contributed by atoms with Crippen molar-refractivity contribution in [2.75, 3.05) is 37.5 Å². The van der Waals surface area contributed by atoms with Crippen LogP contribution < -0.4 is 31.9 Å². The van der Waals surface area contributed by atoms with Gasteiger partial charge in [0.1, 0.15) is 77.2 Å². The van der Waals surface area contributed by atoms with E-state index in [4.69, 9.17) is 34.5 Å². The van der Waals surface area contributed by atoms with Gasteiger partial charge in [0, 0.05) is 58.7 Å². The fraction of sp³-hybridized carbons (Fsp3) is 0.271. The van der Waals surface area contributed by atoms with Crippen LogP contribution in [0.5, 0.6) is 0 Å². The molecule has 1 aromatic carbocycles. The molecular weight excluding hydrogens is 1160 g/mol. The topological polar surface area (TPSA) is 352 Å². The first kappa shape index (κ1) is 56.7. The molecule has 6 amide bonds. The van der Waals surface area contributed by atoms with Crippen molar-refractivity contribution in [2.24, 2.45) is 0 Å². The van der Waals surface area contributed by atoms with Gasteiger partial charge in [-0.1, -0.05) is 41.7 Å². The molecule has 0 fully saturated rings. The Labute approximate surface area is 472 Å². The van der Waals surface area contributed by atoms with Gasteiger partial charge >= 0.3 is 7.60 Å². The maximum atomic E-state index is 14.1. The SMILES string of the molecule is CNC(=O)C[C@@H]1NC(=O)c2csc(n2)-c2ccc(-c3nc(NC(=O)CCCCP(=O)(O)O)cs3)nc2-c2csc(n2)-c2csc(n2)[C@H]([C@@H](O)c2ccccc2)NC(=O)CNC(=O)c2nc(sc2COC)NC(=O)c2nc1sc2C. The first-order chi connectivity index (χ1) is 37.9. The summed E-state index contributed by atoms with van der Waals surface area (Å²) >= 11 is 6.84. The number of pyridine rings is 1. The lowest BCUT2D eigenvalue weighted by Crippen LogP contribution is -2.40. The molecule has 0 saturated heterocycles. The summed E-state index contributed by atoms with van der Waals surface area (Å²) < 4.78 is 16.6. The third kappa shape index (κ3) is 13.9. The van der Waals surface area contributed by atoms with Crippen LogP contribution in [0.3, 0.4) is 0 Å². The second-order valence-corrected chi connectivity index (χ2v) is 24.9. The smallest absolute Gasteiger partial charge is 0.325 e. The number of aromatic nitrogens is 7. The molecule has 31 heteroatoms. The Morgan fingerprint density at radius 2 is 1.48 bits per heavy atom. The van der Waals surface area contributed by atoms with E-state index in [1.807, 2.05) is 0 Å². The molecule has 0 spiro atoms. The Balaban J connectivity index is 1.09. The van der Waals surface area contributed by atoms with Crippen molar-refractivity contribution in [3.8, 4) is 43.4 Å². The van der Waals surface area contributed by atoms with Crippen LogP contribution in [0.15, 0.2) is 64.0 Å². The Hall–Kier alpha value is -6.96. The van der Waals surface area contributed by atoms with Crippen LogP contribution in [-0.4, -0.2) is 112 Å². The summed E-state index contributed by atoms with van der Waals surface area (Å²) in [6.07, 6.45) is -1.39. The van der Waals surface area contributed by atoms with Gasteiger partial charge in [-0.25, -0.2) is 34.9 Å². The average molecular weight is 1200 g/mol. The maximum absolute atomic E-state index is 14.1. The van der Waals surface area contributed by atoms with Crippen molar-refractivity contribution in [2.45, 2.75) is 57.4 Å². The average Bonchev–Trinajstić information content (AvgIpc) is 4.42. The molecule has 0 saturated carbocycles. The lowest BCUT2D eigenvalue weighted by molar-refractivity contribution is -0.122. The molecular formula is C48H46N13O11PS6. The summed E-state index contributed by atoms with van der Waals surface area (Å²) in [4.78, 5) is 133. The number of fused-ring (bicyclic) bond motifs is 14. The number of carbonyl (C=O) groups is 6. The number of amides is 6. The third-order valence-corrected chi connectivity index (χ3v) is 18.1. The first-order valence-corrected chi connectivity index (χ1v) is 30.7. The number of aliphatic hydroxyl groups excluding tert-OH is 1. The summed E-state index contributed by atoms with van der Waals surface area (Å²) in [6.45, 7) is 1.05. The molecule has 0 radical (unpaired) electrons. The fourth-order valence-electron chi connectivity index (χ4n) is 7.79. The second kappa shape index (κ2) is 25.0. The molecule has 9 N–H and O–H groups in total. The highest BCUT2D eigenvalue weighted by Gasteiger charge is 2.31. The highest BCUT2D eigenvalue weighted by atomic mass is 32.1. The van der Waals surface area contributed by atoms with Crippen LogP contribution in [0, 0.1) is 6.92 Å². The van der Waals surface area contributed by atoms with E-state index in [9.17, 15) is 38.4 Å². The standard InChI is InChI=1S/C48H46N13O11PS6/c1-22-35-42(68)61-48-60-37(30(79-48)17-72-3)41(67)50-16-34(64)58-38(39(65)23-9-5-4-6-10-23)47-55-29(20-76-47)45-53-27(18-75-45)36-24(43-54-28(19-74-43)40(66)52-26(15-33(63)49-2)46(59-35)78-22)12-13-25(51-36)44-57-31(21-77-44)56-32(62)11-7-8-14-73(69,70)71/h4-6,9-10,12-13,18-21,26,38-39,65H,7-8,11,14-17H2,1-3H3,(H,49,63)(H,50,67)(H,52,66)(H,56,62)(H,58,64)(H,60,61,68)(H2,69,70,71)/t26-,38-,39-/m0/s1. The Morgan fingerprint density at radius 1 is 0.747 bits per heavy atom. The molecule has 10 bridgehead atoms. The Bertz CT molecular complexity index is 3630. The van der Waals surface area contributed by atoms with Gasteiger partial charge in [0.05, 0.1) is 36.2 Å². The number of aryl methyl sites for hydroxylation is 1. The summed E-state index contributed by atoms with van der Waals surface area (Å²) in [5.74, 6) is -3.29. The van der Waals surface area contributed by atoms with Crippen LogP contribution in [0.25, 0.3) is 43.4 Å². The largest absolute Gasteiger partial charge is 0.386 e. The summed E-state index contributed by atoms with van der Waals surface area (Å²) in [7, 11) is -1.31. The zero-order valence-corrected chi connectivity index (χ0v) is 47.5. The van der Waals surface area contributed by atoms with E-state index in [1.54, 1.807) is 70.9 Å². The first-order valence-electron chi connectivity index (χ1n) is 23.7. The quantitative estimate of drug-likeness (QED) is 0.0427. The van der Waals surface area contributed by atoms with Crippen molar-refractivity contribution in [3.63, 3.8) is 0 Å². The number of anilines is 2. The van der Waals surface area contributed by atoms with Gasteiger partial charge in [0.15, 0.2) is 5.13 Å². The van der Waals surface area contributed by atoms with Crippen molar-refractivity contribution in [1.29, 1.82) is 0 Å². The van der Waals surface area contributed by atoms with Crippen molar-refractivity contribution in [1.82, 2.24) is 56.2 Å². The normalized spacial score (nSPS) is 15.6. The number of aliphatic hydroxyl groups is 1. The van der Waals surface area contributed by atoms with E-state index in [2.05, 4.69) is 46.9 Å². The minimum absolute atomic E-state index is 0.00200. The molecule has 410 valence electrons. The minimum Gasteiger partial charge on any atom is -0.386 e. The van der Waals surface area contributed by atoms with Crippen LogP contribution >= 0.6 is 75.6 Å². The number of rotatable bonds is 13. The highest BCUT2D eigenvalue weighted by Crippen LogP contribution is 2.40. The third-order valence-electron chi connectivity index (χ3n) is 11.6. The van der Waals surface area contributed by atoms with Gasteiger partial charge in [-0.15, -0.1) is 56.7 Å². The van der Waals surface area contributed by atoms with Gasteiger partial charge in [0.25, 0.3) is 17.7 Å². The van der Waals surface area contributed by atoms with Gasteiger partial charge in [-0.3, -0.25) is 38.6 Å². The van der Waals surface area contributed by atoms with Crippen molar-refractivity contribution < 1.29 is 53.0 Å². The fourth-order valence-corrected chi connectivity index (χ4v) is 13.6. The predicted molar refractivity (Wildman–Crippen MR) is 299 cm³/mol. The molecule has 0 aliphatic carbocycles. The van der Waals surface area contributed by atoms with Gasteiger partial charge < -0.3 is 46.2 Å². The minimum atomic E-state index is -4.18. The molecule has 0 unspecified atom stereocenters. The number of unbranched alkanes of at least 4 members (excludes halogenated alkanes) is 1. The molecule has 24 nitrogen and oxygen atoms in total. The molecule has 8 heterocycles. The molecule has 3 atom stereocenters. The molecule has 1 aliphatic rings. The van der Waals surface area contributed by atoms with Crippen LogP contribution in [0.4, 0.5) is 10.9 Å². The number of nitrogens with one attached hydrogen (secondary N) is 6. The van der Waals surface area contributed by atoms with E-state index in [0.717, 1.165) is 34.0 Å². The highest BCUT2D eigenvalue weighted by molar-refractivity contribution is 7.51. The summed E-state index contributed by atoms with van der Waals surface area (Å²) in [6, 6.07) is 10.0. The van der Waals surface area contributed by atoms with Crippen LogP contribution in [-0.2, 0) is 30.3 Å². The van der Waals surface area contributed by atoms with Crippen molar-refractivity contribution >= 4 is 122 Å². The lowest BCUT2D eigenvalue weighted by Gasteiger charge is -2.23. The Kier molecular flexibility index (Phi) is 18.0. The van der Waals surface area contributed by atoms with Crippen LogP contribution in [0.2, 0.25) is 0 Å². The van der Waals surface area contributed by atoms with Gasteiger partial charge in [-0.05, 0) is 37.5 Å². The number of nitrogens with zero attached hydrogens (tertiary/aromatic N) is 7. The summed E-state index contributed by atoms with van der Waals surface area (Å²) in [5, 5.41) is 36.6. The molecule has 9 rings (SSSR count). The zero-order valence-electron chi connectivity index (χ0n) is 41.7. The molecule has 7 aromatic heterocycles. The Morgan fingerprint density at radius 3 is 2.25 bits per heavy atom. The second-order valence-electron chi connectivity index (χ2n) is 17.3. The monoisotopic (exact) mass is 1200 g/mol. The zero-order chi connectivity index (χ0) is 56.0. The predicted octanol–water partition coefficient (Wildman–Crippen LogP) is 6.72. The van der Waals surface area contributed by atoms with Crippen LogP contribution in [0.1, 0.15) is 101 Å².